The monoisotopic (exact) mass is 365 g/mol. The molecule has 8 heteroatoms. The predicted octanol–water partition coefficient (Wildman–Crippen LogP) is 3.24. The van der Waals surface area contributed by atoms with Crippen molar-refractivity contribution in [3.8, 4) is 0 Å². The van der Waals surface area contributed by atoms with Gasteiger partial charge < -0.3 is 5.32 Å². The van der Waals surface area contributed by atoms with E-state index >= 15 is 0 Å². The van der Waals surface area contributed by atoms with Gasteiger partial charge >= 0.3 is 0 Å². The fraction of sp³-hybridized carbons (Fsp3) is 0.500. The summed E-state index contributed by atoms with van der Waals surface area (Å²) in [5.74, 6) is 0.656. The minimum atomic E-state index is 0.00214. The zero-order chi connectivity index (χ0) is 16.8. The first kappa shape index (κ1) is 17.2. The predicted molar refractivity (Wildman–Crippen MR) is 94.0 cm³/mol. The molecule has 128 valence electrons. The summed E-state index contributed by atoms with van der Waals surface area (Å²) in [7, 11) is 0. The molecule has 1 saturated carbocycles. The molecule has 0 aliphatic heterocycles. The first-order valence-corrected chi connectivity index (χ1v) is 9.51. The highest BCUT2D eigenvalue weighted by Crippen LogP contribution is 2.31. The molecule has 1 aliphatic carbocycles. The molecule has 1 heterocycles. The van der Waals surface area contributed by atoms with Crippen LogP contribution in [0.3, 0.4) is 0 Å². The Morgan fingerprint density at radius 2 is 2.12 bits per heavy atom. The maximum absolute atomic E-state index is 12.0. The summed E-state index contributed by atoms with van der Waals surface area (Å²) in [5.41, 5.74) is 0.922. The third-order valence-corrected chi connectivity index (χ3v) is 5.43. The van der Waals surface area contributed by atoms with E-state index in [0.29, 0.717) is 29.8 Å². The fourth-order valence-electron chi connectivity index (χ4n) is 2.82. The summed E-state index contributed by atoms with van der Waals surface area (Å²) in [6.45, 7) is 0.447. The van der Waals surface area contributed by atoms with Gasteiger partial charge in [-0.05, 0) is 34.9 Å². The van der Waals surface area contributed by atoms with Gasteiger partial charge in [0.15, 0.2) is 0 Å². The van der Waals surface area contributed by atoms with E-state index < -0.39 is 0 Å². The Hall–Kier alpha value is -1.60. The molecular weight excluding hydrogens is 346 g/mol. The van der Waals surface area contributed by atoms with Crippen molar-refractivity contribution in [1.29, 1.82) is 0 Å². The van der Waals surface area contributed by atoms with E-state index in [1.165, 1.54) is 24.6 Å². The lowest BCUT2D eigenvalue weighted by Crippen LogP contribution is -2.23. The second-order valence-corrected chi connectivity index (χ2v) is 7.28. The lowest BCUT2D eigenvalue weighted by molar-refractivity contribution is -0.120. The van der Waals surface area contributed by atoms with Gasteiger partial charge in [-0.15, -0.1) is 5.10 Å². The van der Waals surface area contributed by atoms with Gasteiger partial charge in [-0.25, -0.2) is 4.68 Å². The normalized spacial score (nSPS) is 14.9. The van der Waals surface area contributed by atoms with Crippen molar-refractivity contribution in [1.82, 2.24) is 25.5 Å². The number of carbonyl (C=O) groups excluding carboxylic acids is 1. The molecule has 2 aromatic rings. The quantitative estimate of drug-likeness (QED) is 0.762. The standard InChI is InChI=1S/C16H20ClN5OS/c17-14-8-4-1-5-12(14)11-18-15(23)9-10-24-16-19-20-21-22(16)13-6-2-3-7-13/h1,4-5,8,13H,2-3,6-7,9-11H2,(H,18,23). The Bertz CT molecular complexity index is 687. The number of thioether (sulfide) groups is 1. The van der Waals surface area contributed by atoms with Crippen molar-refractivity contribution in [2.24, 2.45) is 0 Å². The van der Waals surface area contributed by atoms with Crippen LogP contribution in [0, 0.1) is 0 Å². The van der Waals surface area contributed by atoms with Crippen molar-refractivity contribution < 1.29 is 4.79 Å². The third kappa shape index (κ3) is 4.48. The van der Waals surface area contributed by atoms with Gasteiger partial charge in [0.2, 0.25) is 11.1 Å². The minimum absolute atomic E-state index is 0.00214. The van der Waals surface area contributed by atoms with Gasteiger partial charge in [-0.1, -0.05) is 54.4 Å². The molecule has 0 unspecified atom stereocenters. The number of carbonyl (C=O) groups is 1. The molecular formula is C16H20ClN5OS. The second kappa shape index (κ2) is 8.48. The molecule has 1 N–H and O–H groups in total. The van der Waals surface area contributed by atoms with Gasteiger partial charge in [0.1, 0.15) is 0 Å². The average Bonchev–Trinajstić information content (AvgIpc) is 3.25. The van der Waals surface area contributed by atoms with Gasteiger partial charge in [0.05, 0.1) is 6.04 Å². The van der Waals surface area contributed by atoms with Crippen molar-refractivity contribution in [2.45, 2.75) is 49.8 Å². The molecule has 3 rings (SSSR count). The molecule has 1 fully saturated rings. The number of benzene rings is 1. The van der Waals surface area contributed by atoms with Crippen LogP contribution in [0.15, 0.2) is 29.4 Å². The SMILES string of the molecule is O=C(CCSc1nnnn1C1CCCC1)NCc1ccccc1Cl. The van der Waals surface area contributed by atoms with E-state index in [1.807, 2.05) is 28.9 Å². The zero-order valence-corrected chi connectivity index (χ0v) is 14.9. The summed E-state index contributed by atoms with van der Waals surface area (Å²) in [4.78, 5) is 12.0. The lowest BCUT2D eigenvalue weighted by Gasteiger charge is -2.10. The number of hydrogen-bond acceptors (Lipinski definition) is 5. The Morgan fingerprint density at radius 3 is 2.92 bits per heavy atom. The topological polar surface area (TPSA) is 72.7 Å². The summed E-state index contributed by atoms with van der Waals surface area (Å²) in [6.07, 6.45) is 5.17. The Kier molecular flexibility index (Phi) is 6.09. The number of aromatic nitrogens is 4. The molecule has 1 aromatic heterocycles. The molecule has 6 nitrogen and oxygen atoms in total. The first-order chi connectivity index (χ1) is 11.7. The Labute approximate surface area is 150 Å². The van der Waals surface area contributed by atoms with Gasteiger partial charge in [-0.2, -0.15) is 0 Å². The van der Waals surface area contributed by atoms with Gasteiger partial charge in [0, 0.05) is 23.7 Å². The highest BCUT2D eigenvalue weighted by molar-refractivity contribution is 7.99. The largest absolute Gasteiger partial charge is 0.352 e. The number of tetrazole rings is 1. The maximum atomic E-state index is 12.0. The molecule has 0 atom stereocenters. The maximum Gasteiger partial charge on any atom is 0.221 e. The summed E-state index contributed by atoms with van der Waals surface area (Å²) < 4.78 is 1.92. The van der Waals surface area contributed by atoms with E-state index in [1.54, 1.807) is 0 Å². The fourth-order valence-corrected chi connectivity index (χ4v) is 3.90. The molecule has 1 aromatic carbocycles. The molecule has 24 heavy (non-hydrogen) atoms. The molecule has 0 radical (unpaired) electrons. The highest BCUT2D eigenvalue weighted by Gasteiger charge is 2.21. The zero-order valence-electron chi connectivity index (χ0n) is 13.3. The van der Waals surface area contributed by atoms with Crippen LogP contribution in [0.2, 0.25) is 5.02 Å². The summed E-state index contributed by atoms with van der Waals surface area (Å²) in [5, 5.41) is 16.3. The summed E-state index contributed by atoms with van der Waals surface area (Å²) in [6, 6.07) is 7.93. The van der Waals surface area contributed by atoms with Gasteiger partial charge in [0.25, 0.3) is 0 Å². The van der Waals surface area contributed by atoms with Crippen LogP contribution in [0.1, 0.15) is 43.7 Å². The smallest absolute Gasteiger partial charge is 0.221 e. The number of hydrogen-bond donors (Lipinski definition) is 1. The van der Waals surface area contributed by atoms with Crippen molar-refractivity contribution >= 4 is 29.3 Å². The van der Waals surface area contributed by atoms with Crippen LogP contribution in [0.4, 0.5) is 0 Å². The van der Waals surface area contributed by atoms with Crippen molar-refractivity contribution in [3.05, 3.63) is 34.9 Å². The van der Waals surface area contributed by atoms with Crippen LogP contribution in [0.25, 0.3) is 0 Å². The number of nitrogens with one attached hydrogen (secondary N) is 1. The lowest BCUT2D eigenvalue weighted by atomic mass is 10.2. The minimum Gasteiger partial charge on any atom is -0.352 e. The molecule has 0 bridgehead atoms. The van der Waals surface area contributed by atoms with E-state index in [4.69, 9.17) is 11.6 Å². The molecule has 1 aliphatic rings. The van der Waals surface area contributed by atoms with E-state index in [2.05, 4.69) is 20.8 Å². The third-order valence-electron chi connectivity index (χ3n) is 4.13. The van der Waals surface area contributed by atoms with Crippen molar-refractivity contribution in [3.63, 3.8) is 0 Å². The Balaban J connectivity index is 1.42. The second-order valence-electron chi connectivity index (χ2n) is 5.81. The van der Waals surface area contributed by atoms with E-state index in [9.17, 15) is 4.79 Å². The van der Waals surface area contributed by atoms with Crippen LogP contribution in [-0.2, 0) is 11.3 Å². The Morgan fingerprint density at radius 1 is 1.33 bits per heavy atom. The average molecular weight is 366 g/mol. The van der Waals surface area contributed by atoms with Crippen LogP contribution in [-0.4, -0.2) is 31.9 Å². The molecule has 0 saturated heterocycles. The van der Waals surface area contributed by atoms with Crippen LogP contribution >= 0.6 is 23.4 Å². The van der Waals surface area contributed by atoms with E-state index in [0.717, 1.165) is 23.6 Å². The van der Waals surface area contributed by atoms with Crippen molar-refractivity contribution in [2.75, 3.05) is 5.75 Å². The first-order valence-electron chi connectivity index (χ1n) is 8.15. The molecule has 0 spiro atoms. The molecule has 1 amide bonds. The van der Waals surface area contributed by atoms with E-state index in [-0.39, 0.29) is 5.91 Å². The van der Waals surface area contributed by atoms with Gasteiger partial charge in [-0.3, -0.25) is 4.79 Å². The van der Waals surface area contributed by atoms with Crippen LogP contribution in [0.5, 0.6) is 0 Å². The number of amides is 1. The summed E-state index contributed by atoms with van der Waals surface area (Å²) >= 11 is 7.61. The number of halogens is 1. The number of rotatable bonds is 7. The van der Waals surface area contributed by atoms with Crippen LogP contribution < -0.4 is 5.32 Å². The highest BCUT2D eigenvalue weighted by atomic mass is 35.5. The number of nitrogens with zero attached hydrogens (tertiary/aromatic N) is 4.